The van der Waals surface area contributed by atoms with Gasteiger partial charge >= 0.3 is 0 Å². The van der Waals surface area contributed by atoms with E-state index >= 15 is 0 Å². The average Bonchev–Trinajstić information content (AvgIpc) is 3.16. The van der Waals surface area contributed by atoms with E-state index in [0.29, 0.717) is 5.92 Å². The van der Waals surface area contributed by atoms with Crippen molar-refractivity contribution in [3.63, 3.8) is 0 Å². The molecule has 0 saturated carbocycles. The lowest BCUT2D eigenvalue weighted by Crippen LogP contribution is -2.36. The number of tetrazole rings is 1. The summed E-state index contributed by atoms with van der Waals surface area (Å²) in [4.78, 5) is 6.04. The van der Waals surface area contributed by atoms with Crippen LogP contribution in [0.3, 0.4) is 0 Å². The molecule has 3 aromatic rings. The molecule has 1 aliphatic rings. The summed E-state index contributed by atoms with van der Waals surface area (Å²) in [6.45, 7) is 6.56. The molecule has 126 valence electrons. The van der Waals surface area contributed by atoms with Crippen LogP contribution in [0.25, 0.3) is 10.9 Å². The number of aryl methyl sites for hydroxylation is 2. The second-order valence-electron chi connectivity index (χ2n) is 6.86. The summed E-state index contributed by atoms with van der Waals surface area (Å²) in [5.41, 5.74) is 4.09. The highest BCUT2D eigenvalue weighted by Crippen LogP contribution is 2.37. The molecular weight excluding hydrogens is 300 g/mol. The van der Waals surface area contributed by atoms with Crippen LogP contribution in [0.1, 0.15) is 48.8 Å². The van der Waals surface area contributed by atoms with Gasteiger partial charge in [-0.15, -0.1) is 5.10 Å². The first-order chi connectivity index (χ1) is 11.6. The Morgan fingerprint density at radius 3 is 2.67 bits per heavy atom. The fourth-order valence-corrected chi connectivity index (χ4v) is 4.15. The van der Waals surface area contributed by atoms with Crippen LogP contribution in [0.4, 0.5) is 0 Å². The zero-order valence-corrected chi connectivity index (χ0v) is 14.5. The summed E-state index contributed by atoms with van der Waals surface area (Å²) in [7, 11) is 1.91. The predicted octanol–water partition coefficient (Wildman–Crippen LogP) is 2.94. The lowest BCUT2D eigenvalue weighted by Gasteiger charge is -2.35. The van der Waals surface area contributed by atoms with Gasteiger partial charge in [-0.25, -0.2) is 4.68 Å². The monoisotopic (exact) mass is 324 g/mol. The Morgan fingerprint density at radius 1 is 1.21 bits per heavy atom. The average molecular weight is 324 g/mol. The van der Waals surface area contributed by atoms with E-state index in [9.17, 15) is 0 Å². The summed E-state index contributed by atoms with van der Waals surface area (Å²) >= 11 is 0. The van der Waals surface area contributed by atoms with E-state index in [2.05, 4.69) is 63.5 Å². The van der Waals surface area contributed by atoms with Gasteiger partial charge in [0.2, 0.25) is 0 Å². The molecule has 3 heterocycles. The molecule has 0 radical (unpaired) electrons. The number of fused-ring (bicyclic) bond motifs is 1. The van der Waals surface area contributed by atoms with E-state index in [0.717, 1.165) is 18.9 Å². The third kappa shape index (κ3) is 2.51. The highest BCUT2D eigenvalue weighted by molar-refractivity contribution is 5.85. The molecular formula is C18H24N6. The summed E-state index contributed by atoms with van der Waals surface area (Å²) in [5, 5.41) is 13.3. The zero-order valence-electron chi connectivity index (χ0n) is 14.5. The van der Waals surface area contributed by atoms with Crippen molar-refractivity contribution in [3.05, 3.63) is 41.3 Å². The van der Waals surface area contributed by atoms with Gasteiger partial charge in [-0.3, -0.25) is 4.90 Å². The maximum absolute atomic E-state index is 4.17. The standard InChI is InChI=1S/C18H24N6/c1-12-17(15-6-4-5-7-16(15)19-12)14-8-10-24(11-9-14)13(2)18-20-21-22-23(18)3/h4-7,13-14,19H,8-11H2,1-3H3/t13-/m0/s1. The highest BCUT2D eigenvalue weighted by atomic mass is 15.5. The van der Waals surface area contributed by atoms with Gasteiger partial charge in [0.25, 0.3) is 0 Å². The van der Waals surface area contributed by atoms with Crippen LogP contribution in [-0.4, -0.2) is 43.2 Å². The van der Waals surface area contributed by atoms with Crippen LogP contribution in [0.5, 0.6) is 0 Å². The minimum Gasteiger partial charge on any atom is -0.358 e. The molecule has 1 fully saturated rings. The van der Waals surface area contributed by atoms with Crippen molar-refractivity contribution in [2.24, 2.45) is 7.05 Å². The van der Waals surface area contributed by atoms with Gasteiger partial charge < -0.3 is 4.98 Å². The van der Waals surface area contributed by atoms with Gasteiger partial charge in [-0.1, -0.05) is 18.2 Å². The lowest BCUT2D eigenvalue weighted by atomic mass is 9.87. The van der Waals surface area contributed by atoms with Gasteiger partial charge in [0, 0.05) is 23.6 Å². The van der Waals surface area contributed by atoms with Gasteiger partial charge in [0.05, 0.1) is 6.04 Å². The number of benzene rings is 1. The maximum Gasteiger partial charge on any atom is 0.167 e. The summed E-state index contributed by atoms with van der Waals surface area (Å²) in [6, 6.07) is 8.91. The summed E-state index contributed by atoms with van der Waals surface area (Å²) < 4.78 is 1.78. The Morgan fingerprint density at radius 2 is 1.96 bits per heavy atom. The SMILES string of the molecule is Cc1[nH]c2ccccc2c1C1CCN([C@@H](C)c2nnnn2C)CC1. The molecule has 4 rings (SSSR count). The third-order valence-corrected chi connectivity index (χ3v) is 5.46. The van der Waals surface area contributed by atoms with Crippen molar-refractivity contribution in [1.29, 1.82) is 0 Å². The van der Waals surface area contributed by atoms with Crippen LogP contribution in [0.15, 0.2) is 24.3 Å². The second kappa shape index (κ2) is 6.02. The second-order valence-corrected chi connectivity index (χ2v) is 6.86. The minimum absolute atomic E-state index is 0.259. The quantitative estimate of drug-likeness (QED) is 0.804. The van der Waals surface area contributed by atoms with Crippen LogP contribution in [-0.2, 0) is 7.05 Å². The van der Waals surface area contributed by atoms with E-state index in [1.165, 1.54) is 35.0 Å². The molecule has 2 aromatic heterocycles. The Labute approximate surface area is 141 Å². The Kier molecular flexibility index (Phi) is 3.84. The van der Waals surface area contributed by atoms with Gasteiger partial charge in [0.1, 0.15) is 0 Å². The van der Waals surface area contributed by atoms with E-state index in [1.807, 2.05) is 7.05 Å². The molecule has 1 aliphatic heterocycles. The van der Waals surface area contributed by atoms with Crippen molar-refractivity contribution in [2.75, 3.05) is 13.1 Å². The predicted molar refractivity (Wildman–Crippen MR) is 93.8 cm³/mol. The number of aromatic nitrogens is 5. The molecule has 0 aliphatic carbocycles. The number of piperidine rings is 1. The number of nitrogens with zero attached hydrogens (tertiary/aromatic N) is 5. The lowest BCUT2D eigenvalue weighted by molar-refractivity contribution is 0.154. The first-order valence-electron chi connectivity index (χ1n) is 8.68. The van der Waals surface area contributed by atoms with Gasteiger partial charge in [-0.05, 0) is 67.8 Å². The summed E-state index contributed by atoms with van der Waals surface area (Å²) in [5.74, 6) is 1.57. The molecule has 1 N–H and O–H groups in total. The van der Waals surface area contributed by atoms with Crippen LogP contribution in [0.2, 0.25) is 0 Å². The molecule has 6 heteroatoms. The van der Waals surface area contributed by atoms with Crippen LogP contribution < -0.4 is 0 Å². The Hall–Kier alpha value is -2.21. The maximum atomic E-state index is 4.17. The topological polar surface area (TPSA) is 62.6 Å². The van der Waals surface area contributed by atoms with Crippen LogP contribution in [0, 0.1) is 6.92 Å². The molecule has 0 bridgehead atoms. The number of hydrogen-bond donors (Lipinski definition) is 1. The number of aromatic amines is 1. The third-order valence-electron chi connectivity index (χ3n) is 5.46. The van der Waals surface area contributed by atoms with Crippen molar-refractivity contribution in [1.82, 2.24) is 30.1 Å². The number of H-pyrrole nitrogens is 1. The molecule has 1 saturated heterocycles. The first-order valence-corrected chi connectivity index (χ1v) is 8.68. The molecule has 1 aromatic carbocycles. The van der Waals surface area contributed by atoms with Gasteiger partial charge in [0.15, 0.2) is 5.82 Å². The molecule has 24 heavy (non-hydrogen) atoms. The number of para-hydroxylation sites is 1. The van der Waals surface area contributed by atoms with E-state index in [4.69, 9.17) is 0 Å². The molecule has 0 spiro atoms. The molecule has 0 amide bonds. The number of rotatable bonds is 3. The van der Waals surface area contributed by atoms with Crippen LogP contribution >= 0.6 is 0 Å². The number of hydrogen-bond acceptors (Lipinski definition) is 4. The molecule has 1 atom stereocenters. The van der Waals surface area contributed by atoms with Crippen molar-refractivity contribution in [3.8, 4) is 0 Å². The van der Waals surface area contributed by atoms with E-state index in [1.54, 1.807) is 4.68 Å². The largest absolute Gasteiger partial charge is 0.358 e. The normalized spacial score (nSPS) is 18.3. The van der Waals surface area contributed by atoms with Crippen molar-refractivity contribution in [2.45, 2.75) is 38.6 Å². The fraction of sp³-hybridized carbons (Fsp3) is 0.500. The number of likely N-dealkylation sites (tertiary alicyclic amines) is 1. The molecule has 0 unspecified atom stereocenters. The van der Waals surface area contributed by atoms with Gasteiger partial charge in [-0.2, -0.15) is 0 Å². The van der Waals surface area contributed by atoms with Crippen molar-refractivity contribution < 1.29 is 0 Å². The highest BCUT2D eigenvalue weighted by Gasteiger charge is 2.28. The zero-order chi connectivity index (χ0) is 16.7. The van der Waals surface area contributed by atoms with E-state index in [-0.39, 0.29) is 6.04 Å². The first kappa shape index (κ1) is 15.3. The fourth-order valence-electron chi connectivity index (χ4n) is 4.15. The van der Waals surface area contributed by atoms with E-state index < -0.39 is 0 Å². The number of nitrogens with one attached hydrogen (secondary N) is 1. The Balaban J connectivity index is 1.52. The Bertz CT molecular complexity index is 840. The molecule has 6 nitrogen and oxygen atoms in total. The minimum atomic E-state index is 0.259. The van der Waals surface area contributed by atoms with Crippen molar-refractivity contribution >= 4 is 10.9 Å². The smallest absolute Gasteiger partial charge is 0.167 e. The summed E-state index contributed by atoms with van der Waals surface area (Å²) in [6.07, 6.45) is 2.36.